The molecule has 144 valence electrons. The highest BCUT2D eigenvalue weighted by molar-refractivity contribution is 7.14. The fourth-order valence-corrected chi connectivity index (χ4v) is 3.36. The van der Waals surface area contributed by atoms with Gasteiger partial charge in [0.2, 0.25) is 0 Å². The third kappa shape index (κ3) is 6.29. The van der Waals surface area contributed by atoms with Gasteiger partial charge in [0, 0.05) is 24.9 Å². The number of aryl methyl sites for hydroxylation is 1. The van der Waals surface area contributed by atoms with Crippen molar-refractivity contribution in [2.24, 2.45) is 0 Å². The maximum absolute atomic E-state index is 13.2. The Hall–Kier alpha value is -2.54. The first-order valence-corrected chi connectivity index (χ1v) is 9.36. The van der Waals surface area contributed by atoms with Crippen LogP contribution in [-0.4, -0.2) is 35.7 Å². The van der Waals surface area contributed by atoms with E-state index in [-0.39, 0.29) is 31.0 Å². The molecule has 1 amide bonds. The number of amides is 1. The number of carbonyl (C=O) groups is 3. The number of ketones is 1. The summed E-state index contributed by atoms with van der Waals surface area (Å²) in [5.74, 6) is -1.49. The number of hydrogen-bond donors (Lipinski definition) is 0. The lowest BCUT2D eigenvalue weighted by atomic mass is 10.2. The lowest BCUT2D eigenvalue weighted by Gasteiger charge is -2.21. The first-order valence-electron chi connectivity index (χ1n) is 8.55. The van der Waals surface area contributed by atoms with Crippen molar-refractivity contribution in [1.29, 1.82) is 0 Å². The number of carbonyl (C=O) groups excluding carboxylic acids is 3. The molecule has 0 fully saturated rings. The van der Waals surface area contributed by atoms with Gasteiger partial charge in [-0.15, -0.1) is 11.3 Å². The largest absolute Gasteiger partial charge is 0.453 e. The summed E-state index contributed by atoms with van der Waals surface area (Å²) >= 11 is 1.38. The Morgan fingerprint density at radius 3 is 2.56 bits per heavy atom. The van der Waals surface area contributed by atoms with Gasteiger partial charge in [-0.2, -0.15) is 0 Å². The van der Waals surface area contributed by atoms with E-state index < -0.39 is 18.0 Å². The van der Waals surface area contributed by atoms with E-state index in [4.69, 9.17) is 4.74 Å². The number of rotatable bonds is 8. The Bertz CT molecular complexity index is 833. The average Bonchev–Trinajstić information content (AvgIpc) is 3.05. The van der Waals surface area contributed by atoms with Gasteiger partial charge in [0.15, 0.2) is 11.9 Å². The summed E-state index contributed by atoms with van der Waals surface area (Å²) in [5, 5.41) is 0. The summed E-state index contributed by atoms with van der Waals surface area (Å²) in [6.45, 7) is 3.59. The molecule has 2 rings (SSSR count). The summed E-state index contributed by atoms with van der Waals surface area (Å²) in [4.78, 5) is 39.3. The number of ether oxygens (including phenoxy) is 1. The number of halogens is 1. The molecule has 0 bridgehead atoms. The standard InChI is InChI=1S/C20H22FNO4S/c1-13-7-9-18(27-13)17(23)8-10-19(24)26-14(2)20(25)22(3)12-15-5-4-6-16(21)11-15/h4-7,9,11,14H,8,10,12H2,1-3H3. The van der Waals surface area contributed by atoms with E-state index in [1.807, 2.05) is 13.0 Å². The molecule has 7 heteroatoms. The molecule has 1 unspecified atom stereocenters. The third-order valence-corrected chi connectivity index (χ3v) is 4.95. The second-order valence-corrected chi connectivity index (χ2v) is 7.58. The summed E-state index contributed by atoms with van der Waals surface area (Å²) in [7, 11) is 1.56. The Morgan fingerprint density at radius 2 is 1.93 bits per heavy atom. The number of nitrogens with zero attached hydrogens (tertiary/aromatic N) is 1. The SMILES string of the molecule is Cc1ccc(C(=O)CCC(=O)OC(C)C(=O)N(C)Cc2cccc(F)c2)s1. The third-order valence-electron chi connectivity index (χ3n) is 3.91. The number of esters is 1. The van der Waals surface area contributed by atoms with Crippen LogP contribution in [0.5, 0.6) is 0 Å². The molecular weight excluding hydrogens is 369 g/mol. The van der Waals surface area contributed by atoms with Crippen molar-refractivity contribution in [3.05, 3.63) is 57.5 Å². The molecule has 0 aliphatic heterocycles. The van der Waals surface area contributed by atoms with E-state index in [0.717, 1.165) is 4.88 Å². The van der Waals surface area contributed by atoms with E-state index in [2.05, 4.69) is 0 Å². The maximum atomic E-state index is 13.2. The highest BCUT2D eigenvalue weighted by Crippen LogP contribution is 2.18. The van der Waals surface area contributed by atoms with Gasteiger partial charge in [-0.05, 0) is 43.7 Å². The predicted molar refractivity (Wildman–Crippen MR) is 101 cm³/mol. The van der Waals surface area contributed by atoms with Crippen LogP contribution in [0.2, 0.25) is 0 Å². The van der Waals surface area contributed by atoms with Crippen LogP contribution in [0.15, 0.2) is 36.4 Å². The van der Waals surface area contributed by atoms with Crippen LogP contribution in [0.25, 0.3) is 0 Å². The molecule has 1 aromatic carbocycles. The summed E-state index contributed by atoms with van der Waals surface area (Å²) in [6.07, 6.45) is -1.02. The van der Waals surface area contributed by atoms with E-state index in [0.29, 0.717) is 10.4 Å². The highest BCUT2D eigenvalue weighted by Gasteiger charge is 2.22. The highest BCUT2D eigenvalue weighted by atomic mass is 32.1. The molecule has 0 N–H and O–H groups in total. The van der Waals surface area contributed by atoms with Crippen molar-refractivity contribution in [3.63, 3.8) is 0 Å². The van der Waals surface area contributed by atoms with Crippen LogP contribution in [0, 0.1) is 12.7 Å². The van der Waals surface area contributed by atoms with Crippen molar-refractivity contribution in [1.82, 2.24) is 4.90 Å². The fraction of sp³-hybridized carbons (Fsp3) is 0.350. The van der Waals surface area contributed by atoms with Crippen molar-refractivity contribution in [2.45, 2.75) is 39.3 Å². The van der Waals surface area contributed by atoms with Crippen molar-refractivity contribution in [3.8, 4) is 0 Å². The van der Waals surface area contributed by atoms with Gasteiger partial charge in [0.25, 0.3) is 5.91 Å². The van der Waals surface area contributed by atoms with Crippen molar-refractivity contribution in [2.75, 3.05) is 7.05 Å². The van der Waals surface area contributed by atoms with Crippen LogP contribution in [0.1, 0.15) is 39.9 Å². The van der Waals surface area contributed by atoms with Gasteiger partial charge in [-0.1, -0.05) is 12.1 Å². The topological polar surface area (TPSA) is 63.7 Å². The molecule has 1 aromatic heterocycles. The van der Waals surface area contributed by atoms with Crippen LogP contribution < -0.4 is 0 Å². The molecule has 0 saturated heterocycles. The van der Waals surface area contributed by atoms with Crippen molar-refractivity contribution < 1.29 is 23.5 Å². The summed E-state index contributed by atoms with van der Waals surface area (Å²) in [5.41, 5.74) is 0.640. The number of likely N-dealkylation sites (N-methyl/N-ethyl adjacent to an activating group) is 1. The zero-order chi connectivity index (χ0) is 20.0. The molecule has 0 radical (unpaired) electrons. The van der Waals surface area contributed by atoms with Gasteiger partial charge in [-0.25, -0.2) is 4.39 Å². The molecular formula is C20H22FNO4S. The first-order chi connectivity index (χ1) is 12.8. The van der Waals surface area contributed by atoms with Crippen LogP contribution in [0.3, 0.4) is 0 Å². The molecule has 0 aliphatic carbocycles. The Kier molecular flexibility index (Phi) is 7.24. The van der Waals surface area contributed by atoms with Crippen molar-refractivity contribution >= 4 is 29.0 Å². The van der Waals surface area contributed by atoms with Crippen LogP contribution in [0.4, 0.5) is 4.39 Å². The Labute approximate surface area is 161 Å². The molecule has 1 heterocycles. The molecule has 0 saturated carbocycles. The second kappa shape index (κ2) is 9.41. The number of Topliss-reactive ketones (excluding diaryl/α,β-unsaturated/α-hetero) is 1. The number of thiophene rings is 1. The lowest BCUT2D eigenvalue weighted by molar-refractivity contribution is -0.158. The lowest BCUT2D eigenvalue weighted by Crippen LogP contribution is -2.37. The minimum absolute atomic E-state index is 0.0405. The minimum atomic E-state index is -0.977. The van der Waals surface area contributed by atoms with E-state index >= 15 is 0 Å². The number of hydrogen-bond acceptors (Lipinski definition) is 5. The fourth-order valence-electron chi connectivity index (χ4n) is 2.53. The van der Waals surface area contributed by atoms with Gasteiger partial charge >= 0.3 is 5.97 Å². The zero-order valence-electron chi connectivity index (χ0n) is 15.5. The molecule has 2 aromatic rings. The van der Waals surface area contributed by atoms with E-state index in [9.17, 15) is 18.8 Å². The average molecular weight is 391 g/mol. The first kappa shape index (κ1) is 20.8. The minimum Gasteiger partial charge on any atom is -0.453 e. The normalized spacial score (nSPS) is 11.7. The zero-order valence-corrected chi connectivity index (χ0v) is 16.3. The molecule has 0 aliphatic rings. The van der Waals surface area contributed by atoms with Crippen LogP contribution >= 0.6 is 11.3 Å². The van der Waals surface area contributed by atoms with E-state index in [1.54, 1.807) is 25.2 Å². The van der Waals surface area contributed by atoms with Gasteiger partial charge in [0.1, 0.15) is 5.82 Å². The van der Waals surface area contributed by atoms with E-state index in [1.165, 1.54) is 35.3 Å². The smallest absolute Gasteiger partial charge is 0.307 e. The maximum Gasteiger partial charge on any atom is 0.307 e. The molecule has 1 atom stereocenters. The molecule has 0 spiro atoms. The summed E-state index contributed by atoms with van der Waals surface area (Å²) in [6, 6.07) is 9.54. The Balaban J connectivity index is 1.80. The molecule has 27 heavy (non-hydrogen) atoms. The van der Waals surface area contributed by atoms with Gasteiger partial charge in [-0.3, -0.25) is 14.4 Å². The predicted octanol–water partition coefficient (Wildman–Crippen LogP) is 3.75. The van der Waals surface area contributed by atoms with Gasteiger partial charge in [0.05, 0.1) is 11.3 Å². The quantitative estimate of drug-likeness (QED) is 0.508. The van der Waals surface area contributed by atoms with Crippen LogP contribution in [-0.2, 0) is 20.9 Å². The number of benzene rings is 1. The molecule has 5 nitrogen and oxygen atoms in total. The summed E-state index contributed by atoms with van der Waals surface area (Å²) < 4.78 is 18.4. The van der Waals surface area contributed by atoms with Gasteiger partial charge < -0.3 is 9.64 Å². The second-order valence-electron chi connectivity index (χ2n) is 6.29. The Morgan fingerprint density at radius 1 is 1.19 bits per heavy atom. The monoisotopic (exact) mass is 391 g/mol.